The fourth-order valence-corrected chi connectivity index (χ4v) is 3.34. The van der Waals surface area contributed by atoms with Crippen molar-refractivity contribution in [2.45, 2.75) is 32.2 Å². The monoisotopic (exact) mass is 330 g/mol. The molecule has 120 valence electrons. The lowest BCUT2D eigenvalue weighted by atomic mass is 9.93. The maximum absolute atomic E-state index is 12.7. The van der Waals surface area contributed by atoms with Crippen molar-refractivity contribution >= 4 is 23.3 Å². The van der Waals surface area contributed by atoms with Crippen LogP contribution >= 0.6 is 11.3 Å². The molecule has 7 heteroatoms. The molecule has 3 heterocycles. The first-order valence-electron chi connectivity index (χ1n) is 7.46. The van der Waals surface area contributed by atoms with E-state index in [1.54, 1.807) is 42.8 Å². The van der Waals surface area contributed by atoms with Gasteiger partial charge in [-0.3, -0.25) is 14.7 Å². The Morgan fingerprint density at radius 3 is 2.87 bits per heavy atom. The summed E-state index contributed by atoms with van der Waals surface area (Å²) >= 11 is 1.61. The highest BCUT2D eigenvalue weighted by Crippen LogP contribution is 2.28. The zero-order valence-electron chi connectivity index (χ0n) is 13.1. The lowest BCUT2D eigenvalue weighted by Gasteiger charge is -2.21. The fourth-order valence-electron chi connectivity index (χ4n) is 2.70. The molecule has 2 aromatic rings. The zero-order chi connectivity index (χ0) is 16.4. The molecule has 1 aliphatic heterocycles. The highest BCUT2D eigenvalue weighted by atomic mass is 32.1. The van der Waals surface area contributed by atoms with E-state index in [9.17, 15) is 9.59 Å². The van der Waals surface area contributed by atoms with E-state index in [-0.39, 0.29) is 11.9 Å². The summed E-state index contributed by atoms with van der Waals surface area (Å²) in [5.41, 5.74) is 0.660. The van der Waals surface area contributed by atoms with Crippen LogP contribution in [-0.2, 0) is 16.8 Å². The largest absolute Gasteiger partial charge is 0.325 e. The maximum Gasteiger partial charge on any atom is 0.325 e. The number of pyridine rings is 1. The van der Waals surface area contributed by atoms with Gasteiger partial charge in [0.05, 0.1) is 10.7 Å². The van der Waals surface area contributed by atoms with Crippen molar-refractivity contribution in [2.75, 3.05) is 6.54 Å². The van der Waals surface area contributed by atoms with Gasteiger partial charge in [-0.25, -0.2) is 9.78 Å². The van der Waals surface area contributed by atoms with Crippen LogP contribution in [0.3, 0.4) is 0 Å². The van der Waals surface area contributed by atoms with Gasteiger partial charge in [-0.2, -0.15) is 0 Å². The third-order valence-corrected chi connectivity index (χ3v) is 4.82. The standard InChI is InChI=1S/C16H18N4O2S/c1-11-18-13(10-23-11)6-4-8-20-14(21)16(2,19-15(20)22)12-5-3-7-17-9-12/h3,5,7,9-10H,4,6,8H2,1-2H3,(H,19,22)/t16-/m0/s1. The molecule has 2 aromatic heterocycles. The predicted octanol–water partition coefficient (Wildman–Crippen LogP) is 2.25. The number of aromatic nitrogens is 2. The van der Waals surface area contributed by atoms with E-state index >= 15 is 0 Å². The van der Waals surface area contributed by atoms with E-state index < -0.39 is 5.54 Å². The Hall–Kier alpha value is -2.28. The van der Waals surface area contributed by atoms with Gasteiger partial charge >= 0.3 is 6.03 Å². The van der Waals surface area contributed by atoms with Gasteiger partial charge in [-0.15, -0.1) is 11.3 Å². The smallest absolute Gasteiger partial charge is 0.319 e. The van der Waals surface area contributed by atoms with Crippen molar-refractivity contribution in [2.24, 2.45) is 0 Å². The van der Waals surface area contributed by atoms with E-state index in [4.69, 9.17) is 0 Å². The molecule has 0 aliphatic carbocycles. The average molecular weight is 330 g/mol. The molecule has 6 nitrogen and oxygen atoms in total. The second-order valence-electron chi connectivity index (χ2n) is 5.72. The summed E-state index contributed by atoms with van der Waals surface area (Å²) in [6.45, 7) is 4.07. The summed E-state index contributed by atoms with van der Waals surface area (Å²) in [7, 11) is 0. The number of aryl methyl sites for hydroxylation is 2. The van der Waals surface area contributed by atoms with Gasteiger partial charge in [0.1, 0.15) is 5.54 Å². The van der Waals surface area contributed by atoms with Gasteiger partial charge in [0, 0.05) is 29.9 Å². The topological polar surface area (TPSA) is 75.2 Å². The number of hydrogen-bond donors (Lipinski definition) is 1. The van der Waals surface area contributed by atoms with Crippen LogP contribution in [-0.4, -0.2) is 33.4 Å². The number of amides is 3. The minimum Gasteiger partial charge on any atom is -0.319 e. The molecule has 1 saturated heterocycles. The third-order valence-electron chi connectivity index (χ3n) is 4.00. The van der Waals surface area contributed by atoms with Crippen molar-refractivity contribution in [3.8, 4) is 0 Å². The molecule has 1 aliphatic rings. The molecular weight excluding hydrogens is 312 g/mol. The minimum absolute atomic E-state index is 0.232. The van der Waals surface area contributed by atoms with Crippen LogP contribution in [0.5, 0.6) is 0 Å². The highest BCUT2D eigenvalue weighted by Gasteiger charge is 2.48. The first kappa shape index (κ1) is 15.6. The number of hydrogen-bond acceptors (Lipinski definition) is 5. The number of carbonyl (C=O) groups is 2. The maximum atomic E-state index is 12.7. The Bertz CT molecular complexity index is 731. The van der Waals surface area contributed by atoms with Crippen LogP contribution < -0.4 is 5.32 Å². The van der Waals surface area contributed by atoms with Gasteiger partial charge in [0.25, 0.3) is 5.91 Å². The third kappa shape index (κ3) is 2.96. The van der Waals surface area contributed by atoms with E-state index in [0.29, 0.717) is 18.5 Å². The molecule has 1 atom stereocenters. The molecule has 0 spiro atoms. The Morgan fingerprint density at radius 1 is 1.39 bits per heavy atom. The summed E-state index contributed by atoms with van der Waals surface area (Å²) in [6, 6.07) is 3.20. The molecule has 1 N–H and O–H groups in total. The number of imide groups is 1. The Balaban J connectivity index is 1.67. The first-order valence-corrected chi connectivity index (χ1v) is 8.34. The van der Waals surface area contributed by atoms with Crippen LogP contribution in [0.1, 0.15) is 29.6 Å². The van der Waals surface area contributed by atoms with Crippen LogP contribution in [0.15, 0.2) is 29.9 Å². The normalized spacial score (nSPS) is 20.9. The van der Waals surface area contributed by atoms with Crippen molar-refractivity contribution in [1.82, 2.24) is 20.2 Å². The van der Waals surface area contributed by atoms with Crippen LogP contribution in [0.2, 0.25) is 0 Å². The van der Waals surface area contributed by atoms with E-state index in [1.165, 1.54) is 4.90 Å². The number of urea groups is 1. The van der Waals surface area contributed by atoms with E-state index in [1.807, 2.05) is 12.3 Å². The van der Waals surface area contributed by atoms with Crippen molar-refractivity contribution in [1.29, 1.82) is 0 Å². The van der Waals surface area contributed by atoms with Gasteiger partial charge in [-0.1, -0.05) is 6.07 Å². The second-order valence-corrected chi connectivity index (χ2v) is 6.78. The molecule has 0 bridgehead atoms. The van der Waals surface area contributed by atoms with E-state index in [2.05, 4.69) is 15.3 Å². The van der Waals surface area contributed by atoms with Crippen LogP contribution in [0.25, 0.3) is 0 Å². The molecule has 0 unspecified atom stereocenters. The first-order chi connectivity index (χ1) is 11.0. The van der Waals surface area contributed by atoms with Gasteiger partial charge in [0.2, 0.25) is 0 Å². The molecule has 0 radical (unpaired) electrons. The number of rotatable bonds is 5. The number of carbonyl (C=O) groups excluding carboxylic acids is 2. The lowest BCUT2D eigenvalue weighted by Crippen LogP contribution is -2.41. The van der Waals surface area contributed by atoms with Crippen molar-refractivity contribution in [3.63, 3.8) is 0 Å². The lowest BCUT2D eigenvalue weighted by molar-refractivity contribution is -0.131. The molecule has 1 fully saturated rings. The van der Waals surface area contributed by atoms with Gasteiger partial charge in [0.15, 0.2) is 0 Å². The average Bonchev–Trinajstić information content (AvgIpc) is 3.05. The molecular formula is C16H18N4O2S. The number of thiazole rings is 1. The molecule has 23 heavy (non-hydrogen) atoms. The summed E-state index contributed by atoms with van der Waals surface area (Å²) in [5, 5.41) is 5.82. The Labute approximate surface area is 138 Å². The summed E-state index contributed by atoms with van der Waals surface area (Å²) in [5.74, 6) is -0.232. The van der Waals surface area contributed by atoms with Crippen molar-refractivity contribution < 1.29 is 9.59 Å². The second kappa shape index (κ2) is 6.08. The quantitative estimate of drug-likeness (QED) is 0.853. The summed E-state index contributed by atoms with van der Waals surface area (Å²) in [6.07, 6.45) is 4.71. The van der Waals surface area contributed by atoms with Gasteiger partial charge < -0.3 is 5.32 Å². The zero-order valence-corrected chi connectivity index (χ0v) is 13.9. The van der Waals surface area contributed by atoms with Gasteiger partial charge in [-0.05, 0) is 32.8 Å². The van der Waals surface area contributed by atoms with Crippen LogP contribution in [0, 0.1) is 6.92 Å². The molecule has 0 saturated carbocycles. The summed E-state index contributed by atoms with van der Waals surface area (Å²) < 4.78 is 0. The Morgan fingerprint density at radius 2 is 2.22 bits per heavy atom. The van der Waals surface area contributed by atoms with Crippen molar-refractivity contribution in [3.05, 3.63) is 46.2 Å². The number of nitrogens with zero attached hydrogens (tertiary/aromatic N) is 3. The predicted molar refractivity (Wildman–Crippen MR) is 87.0 cm³/mol. The molecule has 0 aromatic carbocycles. The van der Waals surface area contributed by atoms with Crippen LogP contribution in [0.4, 0.5) is 4.79 Å². The molecule has 3 rings (SSSR count). The SMILES string of the molecule is Cc1nc(CCCN2C(=O)N[C@@](C)(c3cccnc3)C2=O)cs1. The fraction of sp³-hybridized carbons (Fsp3) is 0.375. The van der Waals surface area contributed by atoms with E-state index in [0.717, 1.165) is 17.1 Å². The minimum atomic E-state index is -1.04. The number of nitrogens with one attached hydrogen (secondary N) is 1. The molecule has 3 amide bonds. The summed E-state index contributed by atoms with van der Waals surface area (Å²) in [4.78, 5) is 34.6. The Kier molecular flexibility index (Phi) is 4.12. The highest BCUT2D eigenvalue weighted by molar-refractivity contribution is 7.09.